The van der Waals surface area contributed by atoms with E-state index in [1.54, 1.807) is 12.1 Å². The molecular weight excluding hydrogens is 264 g/mol. The molecule has 4 heteroatoms. The van der Waals surface area contributed by atoms with Crippen molar-refractivity contribution in [3.8, 4) is 11.5 Å². The van der Waals surface area contributed by atoms with Crippen LogP contribution in [0.3, 0.4) is 0 Å². The Morgan fingerprint density at radius 2 is 1.81 bits per heavy atom. The summed E-state index contributed by atoms with van der Waals surface area (Å²) in [5.41, 5.74) is 2.25. The second-order valence-corrected chi connectivity index (χ2v) is 5.19. The van der Waals surface area contributed by atoms with Crippen molar-refractivity contribution in [1.82, 2.24) is 5.32 Å². The van der Waals surface area contributed by atoms with E-state index in [1.807, 2.05) is 24.3 Å². The van der Waals surface area contributed by atoms with Crippen molar-refractivity contribution < 1.29 is 9.84 Å². The molecule has 2 N–H and O–H groups in total. The molecular formula is C17H20N2O2. The zero-order chi connectivity index (χ0) is 14.5. The van der Waals surface area contributed by atoms with Gasteiger partial charge in [0.25, 0.3) is 0 Å². The SMILES string of the molecule is Oc1ccc(COc2cccc(N3CCNCC3)c2)cc1. The third-order valence-electron chi connectivity index (χ3n) is 3.64. The average molecular weight is 284 g/mol. The predicted molar refractivity (Wildman–Crippen MR) is 84.0 cm³/mol. The molecule has 110 valence electrons. The topological polar surface area (TPSA) is 44.7 Å². The molecule has 4 nitrogen and oxygen atoms in total. The maximum absolute atomic E-state index is 9.27. The van der Waals surface area contributed by atoms with Gasteiger partial charge in [-0.1, -0.05) is 18.2 Å². The fraction of sp³-hybridized carbons (Fsp3) is 0.294. The lowest BCUT2D eigenvalue weighted by molar-refractivity contribution is 0.306. The third kappa shape index (κ3) is 3.67. The van der Waals surface area contributed by atoms with Crippen LogP contribution in [-0.4, -0.2) is 31.3 Å². The maximum atomic E-state index is 9.27. The summed E-state index contributed by atoms with van der Waals surface area (Å²) in [5, 5.41) is 12.6. The molecule has 1 heterocycles. The Bertz CT molecular complexity index is 578. The molecule has 0 radical (unpaired) electrons. The highest BCUT2D eigenvalue weighted by Gasteiger charge is 2.10. The van der Waals surface area contributed by atoms with Crippen molar-refractivity contribution >= 4 is 5.69 Å². The fourth-order valence-electron chi connectivity index (χ4n) is 2.45. The summed E-state index contributed by atoms with van der Waals surface area (Å²) in [7, 11) is 0. The van der Waals surface area contributed by atoms with E-state index in [2.05, 4.69) is 22.3 Å². The van der Waals surface area contributed by atoms with Crippen LogP contribution in [0.1, 0.15) is 5.56 Å². The van der Waals surface area contributed by atoms with E-state index in [0.717, 1.165) is 37.5 Å². The van der Waals surface area contributed by atoms with Crippen molar-refractivity contribution in [1.29, 1.82) is 0 Å². The number of benzene rings is 2. The van der Waals surface area contributed by atoms with Crippen LogP contribution in [0.25, 0.3) is 0 Å². The standard InChI is InChI=1S/C17H20N2O2/c20-16-6-4-14(5-7-16)13-21-17-3-1-2-15(12-17)19-10-8-18-9-11-19/h1-7,12,18,20H,8-11,13H2. The van der Waals surface area contributed by atoms with Gasteiger partial charge >= 0.3 is 0 Å². The maximum Gasteiger partial charge on any atom is 0.121 e. The second kappa shape index (κ2) is 6.50. The van der Waals surface area contributed by atoms with Crippen LogP contribution >= 0.6 is 0 Å². The number of anilines is 1. The van der Waals surface area contributed by atoms with E-state index in [0.29, 0.717) is 6.61 Å². The van der Waals surface area contributed by atoms with E-state index in [1.165, 1.54) is 5.69 Å². The zero-order valence-corrected chi connectivity index (χ0v) is 12.0. The second-order valence-electron chi connectivity index (χ2n) is 5.19. The quantitative estimate of drug-likeness (QED) is 0.905. The smallest absolute Gasteiger partial charge is 0.121 e. The van der Waals surface area contributed by atoms with Crippen molar-refractivity contribution in [2.45, 2.75) is 6.61 Å². The zero-order valence-electron chi connectivity index (χ0n) is 12.0. The van der Waals surface area contributed by atoms with Gasteiger partial charge in [0.1, 0.15) is 18.1 Å². The van der Waals surface area contributed by atoms with E-state index >= 15 is 0 Å². The lowest BCUT2D eigenvalue weighted by atomic mass is 10.2. The van der Waals surface area contributed by atoms with E-state index < -0.39 is 0 Å². The molecule has 1 aliphatic heterocycles. The Morgan fingerprint density at radius 3 is 2.57 bits per heavy atom. The molecule has 21 heavy (non-hydrogen) atoms. The molecule has 1 saturated heterocycles. The van der Waals surface area contributed by atoms with Gasteiger partial charge in [0, 0.05) is 37.9 Å². The van der Waals surface area contributed by atoms with Crippen LogP contribution in [0.2, 0.25) is 0 Å². The number of rotatable bonds is 4. The number of phenols is 1. The monoisotopic (exact) mass is 284 g/mol. The van der Waals surface area contributed by atoms with Gasteiger partial charge in [-0.3, -0.25) is 0 Å². The Hall–Kier alpha value is -2.20. The summed E-state index contributed by atoms with van der Waals surface area (Å²) in [6.45, 7) is 4.62. The van der Waals surface area contributed by atoms with Crippen molar-refractivity contribution in [3.05, 3.63) is 54.1 Å². The minimum absolute atomic E-state index is 0.277. The number of aromatic hydroxyl groups is 1. The van der Waals surface area contributed by atoms with Crippen LogP contribution in [0, 0.1) is 0 Å². The van der Waals surface area contributed by atoms with E-state index in [-0.39, 0.29) is 5.75 Å². The first-order valence-corrected chi connectivity index (χ1v) is 7.28. The summed E-state index contributed by atoms with van der Waals surface area (Å²) in [6, 6.07) is 15.3. The van der Waals surface area contributed by atoms with Crippen molar-refractivity contribution in [3.63, 3.8) is 0 Å². The van der Waals surface area contributed by atoms with Gasteiger partial charge < -0.3 is 20.1 Å². The van der Waals surface area contributed by atoms with E-state index in [4.69, 9.17) is 4.74 Å². The highest BCUT2D eigenvalue weighted by Crippen LogP contribution is 2.22. The Labute approximate surface area is 125 Å². The number of hydrogen-bond donors (Lipinski definition) is 2. The van der Waals surface area contributed by atoms with Crippen LogP contribution in [0.5, 0.6) is 11.5 Å². The first-order chi connectivity index (χ1) is 10.3. The van der Waals surface area contributed by atoms with Gasteiger partial charge in [-0.05, 0) is 29.8 Å². The molecule has 3 rings (SSSR count). The summed E-state index contributed by atoms with van der Waals surface area (Å²) < 4.78 is 5.84. The molecule has 2 aromatic rings. The summed E-state index contributed by atoms with van der Waals surface area (Å²) in [4.78, 5) is 2.36. The number of nitrogens with zero attached hydrogens (tertiary/aromatic N) is 1. The lowest BCUT2D eigenvalue weighted by Crippen LogP contribution is -2.43. The number of nitrogens with one attached hydrogen (secondary N) is 1. The van der Waals surface area contributed by atoms with Crippen molar-refractivity contribution in [2.75, 3.05) is 31.1 Å². The van der Waals surface area contributed by atoms with Crippen molar-refractivity contribution in [2.24, 2.45) is 0 Å². The molecule has 0 aliphatic carbocycles. The first kappa shape index (κ1) is 13.8. The van der Waals surface area contributed by atoms with Gasteiger partial charge in [-0.2, -0.15) is 0 Å². The number of ether oxygens (including phenoxy) is 1. The molecule has 0 aromatic heterocycles. The molecule has 2 aromatic carbocycles. The number of phenolic OH excluding ortho intramolecular Hbond substituents is 1. The van der Waals surface area contributed by atoms with Gasteiger partial charge in [0.2, 0.25) is 0 Å². The first-order valence-electron chi connectivity index (χ1n) is 7.28. The van der Waals surface area contributed by atoms with Crippen LogP contribution in [-0.2, 0) is 6.61 Å². The third-order valence-corrected chi connectivity index (χ3v) is 3.64. The Balaban J connectivity index is 1.64. The van der Waals surface area contributed by atoms with Crippen LogP contribution in [0.15, 0.2) is 48.5 Å². The molecule has 0 unspecified atom stereocenters. The van der Waals surface area contributed by atoms with Gasteiger partial charge in [-0.25, -0.2) is 0 Å². The summed E-state index contributed by atoms with van der Waals surface area (Å²) in [5.74, 6) is 1.15. The average Bonchev–Trinajstić information content (AvgIpc) is 2.55. The van der Waals surface area contributed by atoms with Gasteiger partial charge in [0.15, 0.2) is 0 Å². The molecule has 0 bridgehead atoms. The van der Waals surface area contributed by atoms with E-state index in [9.17, 15) is 5.11 Å². The lowest BCUT2D eigenvalue weighted by Gasteiger charge is -2.29. The Kier molecular flexibility index (Phi) is 4.26. The van der Waals surface area contributed by atoms with Crippen LogP contribution in [0.4, 0.5) is 5.69 Å². The predicted octanol–water partition coefficient (Wildman–Crippen LogP) is 2.38. The highest BCUT2D eigenvalue weighted by atomic mass is 16.5. The van der Waals surface area contributed by atoms with Crippen LogP contribution < -0.4 is 15.0 Å². The normalized spacial score (nSPS) is 15.0. The molecule has 1 aliphatic rings. The minimum atomic E-state index is 0.277. The largest absolute Gasteiger partial charge is 0.508 e. The summed E-state index contributed by atoms with van der Waals surface area (Å²) >= 11 is 0. The Morgan fingerprint density at radius 1 is 1.05 bits per heavy atom. The molecule has 0 spiro atoms. The minimum Gasteiger partial charge on any atom is -0.508 e. The molecule has 0 amide bonds. The molecule has 0 atom stereocenters. The van der Waals surface area contributed by atoms with Gasteiger partial charge in [0.05, 0.1) is 0 Å². The summed E-state index contributed by atoms with van der Waals surface area (Å²) in [6.07, 6.45) is 0. The molecule has 1 fully saturated rings. The molecule has 0 saturated carbocycles. The highest BCUT2D eigenvalue weighted by molar-refractivity contribution is 5.51. The fourth-order valence-corrected chi connectivity index (χ4v) is 2.45. The number of piperazine rings is 1. The van der Waals surface area contributed by atoms with Gasteiger partial charge in [-0.15, -0.1) is 0 Å². The number of hydrogen-bond acceptors (Lipinski definition) is 4.